The van der Waals surface area contributed by atoms with Gasteiger partial charge in [0.1, 0.15) is 0 Å². The summed E-state index contributed by atoms with van der Waals surface area (Å²) in [5, 5.41) is 0.168. The molecule has 0 saturated heterocycles. The molecule has 2 aromatic rings. The highest BCUT2D eigenvalue weighted by molar-refractivity contribution is 9.10. The smallest absolute Gasteiger partial charge is 0.262 e. The molecule has 8 heteroatoms. The molecule has 0 unspecified atom stereocenters. The van der Waals surface area contributed by atoms with Crippen molar-refractivity contribution in [3.05, 3.63) is 57.0 Å². The molecule has 2 aromatic carbocycles. The van der Waals surface area contributed by atoms with Gasteiger partial charge in [0.2, 0.25) is 5.91 Å². The molecule has 22 heavy (non-hydrogen) atoms. The largest absolute Gasteiger partial charge is 0.366 e. The second-order valence-corrected chi connectivity index (χ2v) is 7.55. The van der Waals surface area contributed by atoms with Crippen LogP contribution in [0.4, 0.5) is 5.69 Å². The number of nitrogens with one attached hydrogen (secondary N) is 1. The number of anilines is 1. The van der Waals surface area contributed by atoms with E-state index in [9.17, 15) is 13.2 Å². The van der Waals surface area contributed by atoms with E-state index in [0.717, 1.165) is 0 Å². The maximum absolute atomic E-state index is 12.5. The predicted octanol–water partition coefficient (Wildman–Crippen LogP) is 3.31. The van der Waals surface area contributed by atoms with Gasteiger partial charge < -0.3 is 5.73 Å². The van der Waals surface area contributed by atoms with E-state index in [0.29, 0.717) is 10.0 Å². The lowest BCUT2D eigenvalue weighted by Gasteiger charge is -2.12. The van der Waals surface area contributed by atoms with Crippen LogP contribution in [0.2, 0.25) is 5.02 Å². The lowest BCUT2D eigenvalue weighted by Crippen LogP contribution is -2.16. The number of carbonyl (C=O) groups is 1. The fourth-order valence-corrected chi connectivity index (χ4v) is 3.90. The van der Waals surface area contributed by atoms with E-state index in [4.69, 9.17) is 17.3 Å². The zero-order valence-electron chi connectivity index (χ0n) is 11.4. The molecule has 0 aliphatic rings. The average molecular weight is 404 g/mol. The molecule has 0 aliphatic heterocycles. The Morgan fingerprint density at radius 1 is 1.23 bits per heavy atom. The van der Waals surface area contributed by atoms with Crippen LogP contribution in [0.3, 0.4) is 0 Å². The Balaban J connectivity index is 2.47. The average Bonchev–Trinajstić information content (AvgIpc) is 2.43. The van der Waals surface area contributed by atoms with Crippen LogP contribution in [0, 0.1) is 6.92 Å². The van der Waals surface area contributed by atoms with E-state index >= 15 is 0 Å². The summed E-state index contributed by atoms with van der Waals surface area (Å²) >= 11 is 9.22. The highest BCUT2D eigenvalue weighted by Gasteiger charge is 2.19. The van der Waals surface area contributed by atoms with Crippen molar-refractivity contribution in [1.29, 1.82) is 0 Å². The molecule has 0 bridgehead atoms. The van der Waals surface area contributed by atoms with E-state index in [-0.39, 0.29) is 21.2 Å². The second kappa shape index (κ2) is 6.28. The van der Waals surface area contributed by atoms with Crippen molar-refractivity contribution < 1.29 is 13.2 Å². The first kappa shape index (κ1) is 16.8. The number of hydrogen-bond acceptors (Lipinski definition) is 3. The second-order valence-electron chi connectivity index (χ2n) is 4.57. The lowest BCUT2D eigenvalue weighted by molar-refractivity contribution is 0.100. The molecule has 0 fully saturated rings. The summed E-state index contributed by atoms with van der Waals surface area (Å²) in [6, 6.07) is 9.05. The fourth-order valence-electron chi connectivity index (χ4n) is 1.82. The van der Waals surface area contributed by atoms with Crippen LogP contribution < -0.4 is 10.5 Å². The third-order valence-corrected chi connectivity index (χ3v) is 5.27. The minimum absolute atomic E-state index is 0.0948. The van der Waals surface area contributed by atoms with Gasteiger partial charge in [0.15, 0.2) is 0 Å². The summed E-state index contributed by atoms with van der Waals surface area (Å²) in [7, 11) is -3.85. The molecule has 0 aromatic heterocycles. The fraction of sp³-hybridized carbons (Fsp3) is 0.0714. The Morgan fingerprint density at radius 3 is 2.55 bits per heavy atom. The predicted molar refractivity (Wildman–Crippen MR) is 89.7 cm³/mol. The number of nitrogens with two attached hydrogens (primary N) is 1. The Bertz CT molecular complexity index is 853. The van der Waals surface area contributed by atoms with Gasteiger partial charge in [-0.05, 0) is 42.8 Å². The molecule has 1 amide bonds. The minimum atomic E-state index is -3.85. The molecule has 0 heterocycles. The zero-order chi connectivity index (χ0) is 16.5. The van der Waals surface area contributed by atoms with E-state index < -0.39 is 15.9 Å². The van der Waals surface area contributed by atoms with Crippen molar-refractivity contribution in [1.82, 2.24) is 0 Å². The van der Waals surface area contributed by atoms with Crippen LogP contribution in [0.25, 0.3) is 0 Å². The first-order valence-electron chi connectivity index (χ1n) is 6.09. The number of halogens is 2. The Kier molecular flexibility index (Phi) is 4.79. The third kappa shape index (κ3) is 3.60. The maximum atomic E-state index is 12.5. The van der Waals surface area contributed by atoms with Gasteiger partial charge in [0.25, 0.3) is 10.0 Å². The Morgan fingerprint density at radius 2 is 1.91 bits per heavy atom. The quantitative estimate of drug-likeness (QED) is 0.820. The van der Waals surface area contributed by atoms with Gasteiger partial charge in [-0.15, -0.1) is 0 Å². The van der Waals surface area contributed by atoms with Crippen LogP contribution in [0.15, 0.2) is 45.8 Å². The van der Waals surface area contributed by atoms with Crippen LogP contribution in [0.5, 0.6) is 0 Å². The number of primary amides is 1. The molecular formula is C14H12BrClN2O3S. The summed E-state index contributed by atoms with van der Waals surface area (Å²) in [4.78, 5) is 11.3. The van der Waals surface area contributed by atoms with Gasteiger partial charge in [0, 0.05) is 10.0 Å². The Labute approximate surface area is 141 Å². The highest BCUT2D eigenvalue weighted by Crippen LogP contribution is 2.28. The molecule has 0 aliphatic carbocycles. The summed E-state index contributed by atoms with van der Waals surface area (Å²) in [6.45, 7) is 1.68. The third-order valence-electron chi connectivity index (χ3n) is 2.93. The zero-order valence-corrected chi connectivity index (χ0v) is 14.6. The highest BCUT2D eigenvalue weighted by atomic mass is 79.9. The normalized spacial score (nSPS) is 11.2. The van der Waals surface area contributed by atoms with Crippen molar-refractivity contribution in [2.75, 3.05) is 4.72 Å². The van der Waals surface area contributed by atoms with E-state index in [1.165, 1.54) is 24.3 Å². The first-order chi connectivity index (χ1) is 10.2. The van der Waals surface area contributed by atoms with Crippen LogP contribution in [0.1, 0.15) is 15.9 Å². The van der Waals surface area contributed by atoms with Gasteiger partial charge in [-0.2, -0.15) is 0 Å². The van der Waals surface area contributed by atoms with E-state index in [2.05, 4.69) is 20.7 Å². The number of carbonyl (C=O) groups excluding carboxylic acids is 1. The molecule has 116 valence electrons. The molecule has 3 N–H and O–H groups in total. The summed E-state index contributed by atoms with van der Waals surface area (Å²) < 4.78 is 28.0. The molecular weight excluding hydrogens is 392 g/mol. The molecule has 0 saturated carbocycles. The molecule has 2 rings (SSSR count). The number of sulfonamides is 1. The van der Waals surface area contributed by atoms with Gasteiger partial charge in [-0.1, -0.05) is 33.6 Å². The monoisotopic (exact) mass is 402 g/mol. The van der Waals surface area contributed by atoms with Crippen molar-refractivity contribution in [3.8, 4) is 0 Å². The molecule has 0 spiro atoms. The molecule has 0 radical (unpaired) electrons. The van der Waals surface area contributed by atoms with Gasteiger partial charge in [-0.3, -0.25) is 9.52 Å². The summed E-state index contributed by atoms with van der Waals surface area (Å²) in [6.07, 6.45) is 0. The minimum Gasteiger partial charge on any atom is -0.366 e. The van der Waals surface area contributed by atoms with Gasteiger partial charge in [0.05, 0.1) is 15.6 Å². The summed E-state index contributed by atoms with van der Waals surface area (Å²) in [5.74, 6) is -0.671. The Hall–Kier alpha value is -1.57. The molecule has 0 atom stereocenters. The lowest BCUT2D eigenvalue weighted by atomic mass is 10.2. The number of aryl methyl sites for hydroxylation is 1. The molecule has 5 nitrogen and oxygen atoms in total. The maximum Gasteiger partial charge on any atom is 0.262 e. The van der Waals surface area contributed by atoms with Gasteiger partial charge >= 0.3 is 0 Å². The van der Waals surface area contributed by atoms with E-state index in [1.807, 2.05) is 0 Å². The van der Waals surface area contributed by atoms with Gasteiger partial charge in [-0.25, -0.2) is 8.42 Å². The number of amides is 1. The van der Waals surface area contributed by atoms with Crippen molar-refractivity contribution in [2.24, 2.45) is 5.73 Å². The number of rotatable bonds is 4. The SMILES string of the molecule is Cc1ccc(Br)cc1S(=O)(=O)Nc1cc(C(N)=O)ccc1Cl. The number of hydrogen-bond donors (Lipinski definition) is 2. The van der Waals surface area contributed by atoms with Crippen molar-refractivity contribution in [2.45, 2.75) is 11.8 Å². The van der Waals surface area contributed by atoms with Crippen molar-refractivity contribution in [3.63, 3.8) is 0 Å². The topological polar surface area (TPSA) is 89.3 Å². The van der Waals surface area contributed by atoms with Crippen LogP contribution in [-0.2, 0) is 10.0 Å². The van der Waals surface area contributed by atoms with Crippen molar-refractivity contribution >= 4 is 49.1 Å². The van der Waals surface area contributed by atoms with E-state index in [1.54, 1.807) is 19.1 Å². The summed E-state index contributed by atoms with van der Waals surface area (Å²) in [5.41, 5.74) is 6.02. The first-order valence-corrected chi connectivity index (χ1v) is 8.74. The standard InChI is InChI=1S/C14H12BrClN2O3S/c1-8-2-4-10(15)7-13(8)22(20,21)18-12-6-9(14(17)19)3-5-11(12)16/h2-7,18H,1H3,(H2,17,19). The number of benzene rings is 2. The van der Waals surface area contributed by atoms with Crippen LogP contribution >= 0.6 is 27.5 Å². The van der Waals surface area contributed by atoms with Crippen LogP contribution in [-0.4, -0.2) is 14.3 Å².